The lowest BCUT2D eigenvalue weighted by molar-refractivity contribution is -0.376. The van der Waals surface area contributed by atoms with E-state index in [1.807, 2.05) is 36.9 Å². The van der Waals surface area contributed by atoms with Crippen LogP contribution in [0.4, 0.5) is 26.3 Å². The number of nitrogens with zero attached hydrogens (tertiary/aromatic N) is 1. The number of alkyl halides is 6. The van der Waals surface area contributed by atoms with Crippen LogP contribution < -0.4 is 0 Å². The van der Waals surface area contributed by atoms with Gasteiger partial charge in [0.25, 0.3) is 5.60 Å². The molecular weight excluding hydrogens is 440 g/mol. The maximum absolute atomic E-state index is 13.1. The highest BCUT2D eigenvalue weighted by Gasteiger charge is 2.71. The van der Waals surface area contributed by atoms with Crippen LogP contribution in [0.2, 0.25) is 0 Å². The second-order valence-corrected chi connectivity index (χ2v) is 8.74. The topological polar surface area (TPSA) is 23.5 Å². The molecule has 1 heterocycles. The molecule has 1 aliphatic rings. The Morgan fingerprint density at radius 1 is 0.903 bits per heavy atom. The van der Waals surface area contributed by atoms with E-state index in [2.05, 4.69) is 4.90 Å². The van der Waals surface area contributed by atoms with Gasteiger partial charge in [-0.15, -0.1) is 0 Å². The van der Waals surface area contributed by atoms with Gasteiger partial charge in [0.05, 0.1) is 0 Å². The molecule has 0 saturated carbocycles. The Morgan fingerprint density at radius 2 is 1.48 bits per heavy atom. The van der Waals surface area contributed by atoms with Crippen LogP contribution in [0, 0.1) is 0 Å². The predicted octanol–water partition coefficient (Wildman–Crippen LogP) is 5.78. The molecule has 3 rings (SSSR count). The molecule has 1 fully saturated rings. The van der Waals surface area contributed by atoms with Gasteiger partial charge in [-0.2, -0.15) is 38.1 Å². The first kappa shape index (κ1) is 23.9. The van der Waals surface area contributed by atoms with Crippen molar-refractivity contribution in [3.05, 3.63) is 59.2 Å². The average Bonchev–Trinajstić information content (AvgIpc) is 2.72. The summed E-state index contributed by atoms with van der Waals surface area (Å²) >= 11 is 1.92. The summed E-state index contributed by atoms with van der Waals surface area (Å²) < 4.78 is 78.5. The first-order valence-corrected chi connectivity index (χ1v) is 11.0. The van der Waals surface area contributed by atoms with Gasteiger partial charge in [-0.05, 0) is 28.7 Å². The molecule has 1 saturated heterocycles. The zero-order chi connectivity index (χ0) is 22.9. The fourth-order valence-corrected chi connectivity index (χ4v) is 4.69. The minimum absolute atomic E-state index is 0.494. The van der Waals surface area contributed by atoms with Crippen LogP contribution in [-0.2, 0) is 18.6 Å². The molecule has 2 aromatic carbocycles. The van der Waals surface area contributed by atoms with Crippen LogP contribution in [0.15, 0.2) is 42.5 Å². The standard InChI is InChI=1S/C22H23F6NOS/c1-2-16-13-15(14-29-9-11-31-12-10-29)3-8-19(16)17-4-6-18(7-5-17)20(30,21(23,24)25)22(26,27)28/h3-8,13,30H,2,9-12,14H2,1H3. The number of aliphatic hydroxyl groups is 1. The van der Waals surface area contributed by atoms with E-state index in [-0.39, 0.29) is 0 Å². The van der Waals surface area contributed by atoms with Gasteiger partial charge in [0, 0.05) is 36.7 Å². The van der Waals surface area contributed by atoms with Gasteiger partial charge in [0.1, 0.15) is 0 Å². The predicted molar refractivity (Wildman–Crippen MR) is 110 cm³/mol. The van der Waals surface area contributed by atoms with Crippen molar-refractivity contribution < 1.29 is 31.4 Å². The van der Waals surface area contributed by atoms with E-state index in [0.29, 0.717) is 24.1 Å². The van der Waals surface area contributed by atoms with Gasteiger partial charge in [-0.3, -0.25) is 4.90 Å². The highest BCUT2D eigenvalue weighted by atomic mass is 32.2. The number of hydrogen-bond donors (Lipinski definition) is 1. The van der Waals surface area contributed by atoms with Crippen LogP contribution in [0.25, 0.3) is 11.1 Å². The molecule has 170 valence electrons. The van der Waals surface area contributed by atoms with Gasteiger partial charge in [-0.25, -0.2) is 0 Å². The third-order valence-corrected chi connectivity index (χ3v) is 6.44. The highest BCUT2D eigenvalue weighted by molar-refractivity contribution is 7.99. The zero-order valence-electron chi connectivity index (χ0n) is 16.9. The largest absolute Gasteiger partial charge is 0.430 e. The van der Waals surface area contributed by atoms with Crippen LogP contribution >= 0.6 is 11.8 Å². The summed E-state index contributed by atoms with van der Waals surface area (Å²) in [6.45, 7) is 4.77. The molecule has 1 N–H and O–H groups in total. The monoisotopic (exact) mass is 463 g/mol. The summed E-state index contributed by atoms with van der Waals surface area (Å²) in [6.07, 6.45) is -11.1. The van der Waals surface area contributed by atoms with E-state index in [1.165, 1.54) is 12.1 Å². The van der Waals surface area contributed by atoms with E-state index < -0.39 is 23.5 Å². The van der Waals surface area contributed by atoms with Crippen molar-refractivity contribution in [1.82, 2.24) is 4.90 Å². The summed E-state index contributed by atoms with van der Waals surface area (Å²) in [6, 6.07) is 9.58. The molecule has 0 amide bonds. The van der Waals surface area contributed by atoms with Gasteiger partial charge >= 0.3 is 12.4 Å². The van der Waals surface area contributed by atoms with Crippen molar-refractivity contribution in [2.75, 3.05) is 24.6 Å². The van der Waals surface area contributed by atoms with Crippen LogP contribution in [-0.4, -0.2) is 47.0 Å². The van der Waals surface area contributed by atoms with Crippen molar-refractivity contribution >= 4 is 11.8 Å². The number of aryl methyl sites for hydroxylation is 1. The van der Waals surface area contributed by atoms with E-state index in [9.17, 15) is 31.4 Å². The van der Waals surface area contributed by atoms with Crippen LogP contribution in [0.1, 0.15) is 23.6 Å². The van der Waals surface area contributed by atoms with E-state index in [1.54, 1.807) is 0 Å². The first-order valence-electron chi connectivity index (χ1n) is 9.86. The Morgan fingerprint density at radius 3 is 2.00 bits per heavy atom. The molecule has 0 aliphatic carbocycles. The lowest BCUT2D eigenvalue weighted by Gasteiger charge is -2.32. The molecule has 0 radical (unpaired) electrons. The molecule has 2 nitrogen and oxygen atoms in total. The lowest BCUT2D eigenvalue weighted by atomic mass is 9.89. The van der Waals surface area contributed by atoms with Crippen molar-refractivity contribution in [2.24, 2.45) is 0 Å². The number of hydrogen-bond acceptors (Lipinski definition) is 3. The van der Waals surface area contributed by atoms with Crippen molar-refractivity contribution in [3.8, 4) is 11.1 Å². The van der Waals surface area contributed by atoms with Crippen LogP contribution in [0.3, 0.4) is 0 Å². The minimum Gasteiger partial charge on any atom is -0.369 e. The van der Waals surface area contributed by atoms with Gasteiger partial charge < -0.3 is 5.11 Å². The minimum atomic E-state index is -5.89. The fraction of sp³-hybridized carbons (Fsp3) is 0.455. The second kappa shape index (κ2) is 9.03. The Bertz CT molecular complexity index is 874. The molecule has 0 spiro atoms. The summed E-state index contributed by atoms with van der Waals surface area (Å²) in [4.78, 5) is 2.36. The number of benzene rings is 2. The Labute approximate surface area is 181 Å². The number of halogens is 6. The first-order chi connectivity index (χ1) is 14.5. The molecule has 2 aromatic rings. The quantitative estimate of drug-likeness (QED) is 0.569. The lowest BCUT2D eigenvalue weighted by Crippen LogP contribution is -2.53. The fourth-order valence-electron chi connectivity index (χ4n) is 3.72. The van der Waals surface area contributed by atoms with Crippen molar-refractivity contribution in [3.63, 3.8) is 0 Å². The van der Waals surface area contributed by atoms with Crippen molar-refractivity contribution in [2.45, 2.75) is 37.8 Å². The van der Waals surface area contributed by atoms with Crippen molar-refractivity contribution in [1.29, 1.82) is 0 Å². The van der Waals surface area contributed by atoms with E-state index in [4.69, 9.17) is 0 Å². The zero-order valence-corrected chi connectivity index (χ0v) is 17.7. The summed E-state index contributed by atoms with van der Waals surface area (Å²) in [5, 5.41) is 9.55. The summed E-state index contributed by atoms with van der Waals surface area (Å²) in [5.74, 6) is 2.18. The maximum atomic E-state index is 13.1. The summed E-state index contributed by atoms with van der Waals surface area (Å²) in [7, 11) is 0. The van der Waals surface area contributed by atoms with Gasteiger partial charge in [0.2, 0.25) is 0 Å². The molecule has 0 aromatic heterocycles. The Hall–Kier alpha value is -1.71. The molecular formula is C22H23F6NOS. The highest BCUT2D eigenvalue weighted by Crippen LogP contribution is 2.50. The molecule has 9 heteroatoms. The Balaban J connectivity index is 1.89. The third-order valence-electron chi connectivity index (χ3n) is 5.49. The second-order valence-electron chi connectivity index (χ2n) is 7.52. The average molecular weight is 463 g/mol. The van der Waals surface area contributed by atoms with E-state index >= 15 is 0 Å². The smallest absolute Gasteiger partial charge is 0.369 e. The summed E-state index contributed by atoms with van der Waals surface area (Å²) in [5.41, 5.74) is -2.86. The number of rotatable bonds is 5. The molecule has 0 unspecified atom stereocenters. The SMILES string of the molecule is CCc1cc(CN2CCSCC2)ccc1-c1ccc(C(O)(C(F)(F)F)C(F)(F)F)cc1. The molecule has 31 heavy (non-hydrogen) atoms. The number of thioether (sulfide) groups is 1. The van der Waals surface area contributed by atoms with E-state index in [0.717, 1.165) is 47.8 Å². The molecule has 0 bridgehead atoms. The van der Waals surface area contributed by atoms with Gasteiger partial charge in [0.15, 0.2) is 0 Å². The van der Waals surface area contributed by atoms with Crippen LogP contribution in [0.5, 0.6) is 0 Å². The Kier molecular flexibility index (Phi) is 6.98. The molecule has 0 atom stereocenters. The van der Waals surface area contributed by atoms with Gasteiger partial charge in [-0.1, -0.05) is 49.4 Å². The maximum Gasteiger partial charge on any atom is 0.430 e. The third kappa shape index (κ3) is 4.88. The molecule has 1 aliphatic heterocycles. The normalized spacial score (nSPS) is 16.5.